The van der Waals surface area contributed by atoms with E-state index in [1.54, 1.807) is 7.05 Å². The highest BCUT2D eigenvalue weighted by atomic mass is 127. The van der Waals surface area contributed by atoms with Crippen molar-refractivity contribution in [2.45, 2.75) is 40.2 Å². The van der Waals surface area contributed by atoms with E-state index in [1.807, 2.05) is 6.07 Å². The first-order valence-corrected chi connectivity index (χ1v) is 9.86. The highest BCUT2D eigenvalue weighted by molar-refractivity contribution is 14.0. The highest BCUT2D eigenvalue weighted by Crippen LogP contribution is 2.13. The Morgan fingerprint density at radius 3 is 2.41 bits per heavy atom. The molecule has 2 heterocycles. The molecule has 1 aromatic rings. The Labute approximate surface area is 181 Å². The third kappa shape index (κ3) is 8.35. The van der Waals surface area contributed by atoms with Gasteiger partial charge >= 0.3 is 0 Å². The molecule has 7 nitrogen and oxygen atoms in total. The van der Waals surface area contributed by atoms with Crippen LogP contribution in [0, 0.1) is 5.92 Å². The van der Waals surface area contributed by atoms with Crippen molar-refractivity contribution in [3.05, 3.63) is 17.5 Å². The monoisotopic (exact) mass is 492 g/mol. The van der Waals surface area contributed by atoms with Crippen molar-refractivity contribution in [1.29, 1.82) is 0 Å². The molecule has 0 spiro atoms. The lowest BCUT2D eigenvalue weighted by Gasteiger charge is -2.35. The Balaban J connectivity index is 0.00000364. The Kier molecular flexibility index (Phi) is 11.2. The van der Waals surface area contributed by atoms with Crippen molar-refractivity contribution < 1.29 is 4.52 Å². The van der Waals surface area contributed by atoms with Gasteiger partial charge in [-0.3, -0.25) is 4.99 Å². The molecular weight excluding hydrogens is 455 g/mol. The van der Waals surface area contributed by atoms with Crippen molar-refractivity contribution in [3.8, 4) is 0 Å². The van der Waals surface area contributed by atoms with Gasteiger partial charge in [0.15, 0.2) is 11.7 Å². The van der Waals surface area contributed by atoms with Crippen LogP contribution in [0.1, 0.15) is 45.1 Å². The zero-order valence-electron chi connectivity index (χ0n) is 17.5. The summed E-state index contributed by atoms with van der Waals surface area (Å²) in [7, 11) is 1.80. The first-order valence-electron chi connectivity index (χ1n) is 9.86. The van der Waals surface area contributed by atoms with Crippen LogP contribution in [0.15, 0.2) is 15.6 Å². The molecular formula is C19H37IN6O. The second kappa shape index (κ2) is 12.6. The van der Waals surface area contributed by atoms with E-state index in [0.29, 0.717) is 18.4 Å². The van der Waals surface area contributed by atoms with Crippen LogP contribution >= 0.6 is 24.0 Å². The number of nitrogens with zero attached hydrogens (tertiary/aromatic N) is 4. The number of hydrogen-bond acceptors (Lipinski definition) is 5. The zero-order chi connectivity index (χ0) is 18.9. The molecule has 0 aliphatic carbocycles. The van der Waals surface area contributed by atoms with E-state index in [9.17, 15) is 0 Å². The molecule has 0 amide bonds. The third-order valence-corrected chi connectivity index (χ3v) is 4.92. The molecule has 0 saturated carbocycles. The molecule has 1 fully saturated rings. The lowest BCUT2D eigenvalue weighted by molar-refractivity contribution is 0.124. The summed E-state index contributed by atoms with van der Waals surface area (Å²) in [4.78, 5) is 9.38. The maximum Gasteiger partial charge on any atom is 0.191 e. The quantitative estimate of drug-likeness (QED) is 0.330. The largest absolute Gasteiger partial charge is 0.359 e. The average molecular weight is 492 g/mol. The fraction of sp³-hybridized carbons (Fsp3) is 0.789. The van der Waals surface area contributed by atoms with E-state index in [4.69, 9.17) is 4.52 Å². The van der Waals surface area contributed by atoms with Gasteiger partial charge in [0.1, 0.15) is 0 Å². The van der Waals surface area contributed by atoms with Crippen molar-refractivity contribution in [2.75, 3.05) is 52.9 Å². The normalized spacial score (nSPS) is 17.6. The molecule has 2 rings (SSSR count). The number of nitrogens with one attached hydrogen (secondary N) is 2. The van der Waals surface area contributed by atoms with Gasteiger partial charge in [0, 0.05) is 52.4 Å². The van der Waals surface area contributed by atoms with Gasteiger partial charge in [0.05, 0.1) is 12.2 Å². The maximum absolute atomic E-state index is 5.36. The molecule has 156 valence electrons. The van der Waals surface area contributed by atoms with E-state index in [2.05, 4.69) is 58.3 Å². The zero-order valence-corrected chi connectivity index (χ0v) is 19.8. The molecule has 1 unspecified atom stereocenters. The highest BCUT2D eigenvalue weighted by Gasteiger charge is 2.17. The molecule has 2 N–H and O–H groups in total. The summed E-state index contributed by atoms with van der Waals surface area (Å²) in [5.74, 6) is 2.58. The average Bonchev–Trinajstić information content (AvgIpc) is 3.12. The fourth-order valence-electron chi connectivity index (χ4n) is 3.14. The van der Waals surface area contributed by atoms with Crippen molar-refractivity contribution in [3.63, 3.8) is 0 Å². The van der Waals surface area contributed by atoms with Crippen LogP contribution < -0.4 is 10.6 Å². The standard InChI is InChI=1S/C19H36N6O.HI/c1-6-24-7-9-25(10-8-24)14-16(4)12-21-19(20-5)22-13-17-11-18(15(2)3)23-26-17;/h11,15-16H,6-10,12-14H2,1-5H3,(H2,20,21,22);1H. The van der Waals surface area contributed by atoms with Gasteiger partial charge in [-0.15, -0.1) is 24.0 Å². The van der Waals surface area contributed by atoms with E-state index in [0.717, 1.165) is 37.0 Å². The lowest BCUT2D eigenvalue weighted by Crippen LogP contribution is -2.48. The van der Waals surface area contributed by atoms with Gasteiger partial charge < -0.3 is 25.0 Å². The number of piperazine rings is 1. The molecule has 1 aliphatic rings. The summed E-state index contributed by atoms with van der Waals surface area (Å²) < 4.78 is 5.36. The van der Waals surface area contributed by atoms with Gasteiger partial charge in [0.2, 0.25) is 0 Å². The second-order valence-electron chi connectivity index (χ2n) is 7.52. The predicted molar refractivity (Wildman–Crippen MR) is 122 cm³/mol. The Hall–Kier alpha value is -0.870. The summed E-state index contributed by atoms with van der Waals surface area (Å²) in [6.07, 6.45) is 0. The van der Waals surface area contributed by atoms with Gasteiger partial charge in [-0.1, -0.05) is 32.9 Å². The number of hydrogen-bond donors (Lipinski definition) is 2. The number of halogens is 1. The van der Waals surface area contributed by atoms with Crippen LogP contribution in [0.4, 0.5) is 0 Å². The second-order valence-corrected chi connectivity index (χ2v) is 7.52. The minimum Gasteiger partial charge on any atom is -0.359 e. The van der Waals surface area contributed by atoms with Gasteiger partial charge in [-0.05, 0) is 18.4 Å². The molecule has 1 atom stereocenters. The number of likely N-dealkylation sites (N-methyl/N-ethyl adjacent to an activating group) is 1. The van der Waals surface area contributed by atoms with Gasteiger partial charge in [0.25, 0.3) is 0 Å². The smallest absolute Gasteiger partial charge is 0.191 e. The molecule has 0 bridgehead atoms. The summed E-state index contributed by atoms with van der Waals surface area (Å²) >= 11 is 0. The van der Waals surface area contributed by atoms with E-state index in [1.165, 1.54) is 26.2 Å². The van der Waals surface area contributed by atoms with Crippen LogP contribution in [0.3, 0.4) is 0 Å². The van der Waals surface area contributed by atoms with Crippen LogP contribution in [-0.4, -0.2) is 73.8 Å². The summed E-state index contributed by atoms with van der Waals surface area (Å²) in [5, 5.41) is 10.8. The molecule has 1 aliphatic heterocycles. The maximum atomic E-state index is 5.36. The molecule has 27 heavy (non-hydrogen) atoms. The van der Waals surface area contributed by atoms with Crippen LogP contribution in [-0.2, 0) is 6.54 Å². The first kappa shape index (κ1) is 24.2. The Morgan fingerprint density at radius 2 is 1.85 bits per heavy atom. The number of aromatic nitrogens is 1. The minimum absolute atomic E-state index is 0. The van der Waals surface area contributed by atoms with Crippen LogP contribution in [0.25, 0.3) is 0 Å². The Bertz CT molecular complexity index is 554. The number of rotatable bonds is 8. The van der Waals surface area contributed by atoms with Crippen LogP contribution in [0.5, 0.6) is 0 Å². The Morgan fingerprint density at radius 1 is 1.19 bits per heavy atom. The van der Waals surface area contributed by atoms with Gasteiger partial charge in [-0.25, -0.2) is 0 Å². The number of aliphatic imine (C=N–C) groups is 1. The van der Waals surface area contributed by atoms with Crippen molar-refractivity contribution in [1.82, 2.24) is 25.6 Å². The third-order valence-electron chi connectivity index (χ3n) is 4.92. The van der Waals surface area contributed by atoms with E-state index < -0.39 is 0 Å². The predicted octanol–water partition coefficient (Wildman–Crippen LogP) is 2.35. The van der Waals surface area contributed by atoms with Crippen LogP contribution in [0.2, 0.25) is 0 Å². The first-order chi connectivity index (χ1) is 12.5. The summed E-state index contributed by atoms with van der Waals surface area (Å²) in [5.41, 5.74) is 0.988. The summed E-state index contributed by atoms with van der Waals surface area (Å²) in [6.45, 7) is 17.3. The molecule has 1 aromatic heterocycles. The molecule has 1 saturated heterocycles. The summed E-state index contributed by atoms with van der Waals surface area (Å²) in [6, 6.07) is 2.00. The van der Waals surface area contributed by atoms with E-state index in [-0.39, 0.29) is 24.0 Å². The van der Waals surface area contributed by atoms with E-state index >= 15 is 0 Å². The number of guanidine groups is 1. The van der Waals surface area contributed by atoms with Gasteiger partial charge in [-0.2, -0.15) is 0 Å². The SMILES string of the molecule is CCN1CCN(CC(C)CNC(=NC)NCc2cc(C(C)C)no2)CC1.I. The molecule has 0 aromatic carbocycles. The topological polar surface area (TPSA) is 68.9 Å². The minimum atomic E-state index is 0. The van der Waals surface area contributed by atoms with Crippen molar-refractivity contribution >= 4 is 29.9 Å². The molecule has 8 heteroatoms. The fourth-order valence-corrected chi connectivity index (χ4v) is 3.14. The van der Waals surface area contributed by atoms with Crippen molar-refractivity contribution in [2.24, 2.45) is 10.9 Å². The lowest BCUT2D eigenvalue weighted by atomic mass is 10.1. The molecule has 0 radical (unpaired) electrons.